The minimum absolute atomic E-state index is 0.410. The Morgan fingerprint density at radius 2 is 1.78 bits per heavy atom. The smallest absolute Gasteiger partial charge is 0.164 e. The van der Waals surface area contributed by atoms with Crippen LogP contribution in [-0.4, -0.2) is 57.0 Å². The molecule has 1 aliphatic heterocycles. The SMILES string of the molecule is Nc1ncnc2c1c(I)nn2C1CCC(N2CCOCC2)CC1. The molecule has 1 saturated heterocycles. The van der Waals surface area contributed by atoms with Crippen LogP contribution in [0.25, 0.3) is 11.0 Å². The van der Waals surface area contributed by atoms with Gasteiger partial charge >= 0.3 is 0 Å². The van der Waals surface area contributed by atoms with Gasteiger partial charge in [-0.3, -0.25) is 4.90 Å². The van der Waals surface area contributed by atoms with Crippen LogP contribution in [0.1, 0.15) is 31.7 Å². The highest BCUT2D eigenvalue weighted by atomic mass is 127. The summed E-state index contributed by atoms with van der Waals surface area (Å²) in [6.07, 6.45) is 6.23. The van der Waals surface area contributed by atoms with E-state index in [-0.39, 0.29) is 0 Å². The average molecular weight is 428 g/mol. The van der Waals surface area contributed by atoms with Gasteiger partial charge < -0.3 is 10.5 Å². The summed E-state index contributed by atoms with van der Waals surface area (Å²) in [5.41, 5.74) is 6.86. The van der Waals surface area contributed by atoms with E-state index in [2.05, 4.69) is 42.1 Å². The van der Waals surface area contributed by atoms with Crippen molar-refractivity contribution in [3.05, 3.63) is 10.0 Å². The van der Waals surface area contributed by atoms with E-state index in [1.807, 2.05) is 0 Å². The maximum absolute atomic E-state index is 5.99. The van der Waals surface area contributed by atoms with E-state index >= 15 is 0 Å². The second kappa shape index (κ2) is 6.48. The molecule has 2 aliphatic rings. The third kappa shape index (κ3) is 2.91. The van der Waals surface area contributed by atoms with E-state index in [9.17, 15) is 0 Å². The highest BCUT2D eigenvalue weighted by Gasteiger charge is 2.29. The Morgan fingerprint density at radius 1 is 1.09 bits per heavy atom. The number of rotatable bonds is 2. The first-order valence-corrected chi connectivity index (χ1v) is 9.28. The fourth-order valence-electron chi connectivity index (χ4n) is 3.82. The monoisotopic (exact) mass is 428 g/mol. The van der Waals surface area contributed by atoms with Crippen LogP contribution >= 0.6 is 22.6 Å². The number of nitrogens with two attached hydrogens (primary N) is 1. The molecule has 0 radical (unpaired) electrons. The van der Waals surface area contributed by atoms with Crippen LogP contribution in [0.5, 0.6) is 0 Å². The van der Waals surface area contributed by atoms with Crippen LogP contribution in [0.4, 0.5) is 5.82 Å². The fraction of sp³-hybridized carbons (Fsp3) is 0.667. The molecule has 1 aliphatic carbocycles. The summed E-state index contributed by atoms with van der Waals surface area (Å²) < 4.78 is 8.43. The lowest BCUT2D eigenvalue weighted by Gasteiger charge is -2.38. The van der Waals surface area contributed by atoms with E-state index in [1.54, 1.807) is 0 Å². The molecule has 0 amide bonds. The molecule has 7 nitrogen and oxygen atoms in total. The van der Waals surface area contributed by atoms with Gasteiger partial charge in [0, 0.05) is 19.1 Å². The van der Waals surface area contributed by atoms with Gasteiger partial charge in [-0.1, -0.05) is 0 Å². The molecule has 2 N–H and O–H groups in total. The Kier molecular flexibility index (Phi) is 4.37. The van der Waals surface area contributed by atoms with Gasteiger partial charge in [-0.05, 0) is 48.3 Å². The van der Waals surface area contributed by atoms with Crippen molar-refractivity contribution in [3.63, 3.8) is 0 Å². The molecule has 8 heteroatoms. The predicted octanol–water partition coefficient (Wildman–Crippen LogP) is 1.83. The number of fused-ring (bicyclic) bond motifs is 1. The number of hydrogen-bond acceptors (Lipinski definition) is 6. The van der Waals surface area contributed by atoms with Crippen LogP contribution in [-0.2, 0) is 4.74 Å². The van der Waals surface area contributed by atoms with Crippen LogP contribution in [0.15, 0.2) is 6.33 Å². The van der Waals surface area contributed by atoms with Crippen LogP contribution in [0.2, 0.25) is 0 Å². The highest BCUT2D eigenvalue weighted by Crippen LogP contribution is 2.34. The normalized spacial score (nSPS) is 26.7. The van der Waals surface area contributed by atoms with Crippen molar-refractivity contribution in [3.8, 4) is 0 Å². The maximum Gasteiger partial charge on any atom is 0.164 e. The van der Waals surface area contributed by atoms with Gasteiger partial charge in [-0.15, -0.1) is 0 Å². The van der Waals surface area contributed by atoms with Gasteiger partial charge in [0.15, 0.2) is 5.65 Å². The van der Waals surface area contributed by atoms with Crippen LogP contribution in [0.3, 0.4) is 0 Å². The summed E-state index contributed by atoms with van der Waals surface area (Å²) in [6, 6.07) is 1.10. The highest BCUT2D eigenvalue weighted by molar-refractivity contribution is 14.1. The molecule has 2 fully saturated rings. The first kappa shape index (κ1) is 15.5. The molecule has 0 bridgehead atoms. The van der Waals surface area contributed by atoms with Gasteiger partial charge in [0.05, 0.1) is 24.6 Å². The summed E-state index contributed by atoms with van der Waals surface area (Å²) >= 11 is 2.23. The summed E-state index contributed by atoms with van der Waals surface area (Å²) in [5.74, 6) is 0.521. The topological polar surface area (TPSA) is 82.1 Å². The quantitative estimate of drug-likeness (QED) is 0.736. The second-order valence-electron chi connectivity index (χ2n) is 6.30. The zero-order valence-corrected chi connectivity index (χ0v) is 15.1. The molecule has 3 heterocycles. The molecule has 0 atom stereocenters. The number of nitrogens with zero attached hydrogens (tertiary/aromatic N) is 5. The molecule has 0 unspecified atom stereocenters. The number of hydrogen-bond donors (Lipinski definition) is 1. The van der Waals surface area contributed by atoms with Crippen LogP contribution < -0.4 is 5.73 Å². The molecule has 2 aromatic heterocycles. The molecule has 0 spiro atoms. The number of ether oxygens (including phenoxy) is 1. The standard InChI is InChI=1S/C15H21IN6O/c16-13-12-14(17)18-9-19-15(12)22(20-13)11-3-1-10(2-4-11)21-5-7-23-8-6-21/h9-11H,1-8H2,(H2,17,18,19). The number of aromatic nitrogens is 4. The number of nitrogen functional groups attached to an aromatic ring is 1. The Labute approximate surface area is 148 Å². The summed E-state index contributed by atoms with van der Waals surface area (Å²) in [4.78, 5) is 11.1. The van der Waals surface area contributed by atoms with E-state index in [0.717, 1.165) is 53.9 Å². The third-order valence-corrected chi connectivity index (χ3v) is 5.80. The molecule has 0 aromatic carbocycles. The lowest BCUT2D eigenvalue weighted by atomic mass is 9.90. The van der Waals surface area contributed by atoms with Gasteiger partial charge in [0.2, 0.25) is 0 Å². The van der Waals surface area contributed by atoms with E-state index in [4.69, 9.17) is 15.6 Å². The predicted molar refractivity (Wildman–Crippen MR) is 96.1 cm³/mol. The molecule has 23 heavy (non-hydrogen) atoms. The average Bonchev–Trinajstić information content (AvgIpc) is 2.94. The second-order valence-corrected chi connectivity index (χ2v) is 7.33. The Balaban J connectivity index is 1.51. The number of morpholine rings is 1. The maximum atomic E-state index is 5.99. The van der Waals surface area contributed by atoms with Crippen molar-refractivity contribution in [1.29, 1.82) is 0 Å². The lowest BCUT2D eigenvalue weighted by Crippen LogP contribution is -2.45. The van der Waals surface area contributed by atoms with Crippen molar-refractivity contribution in [1.82, 2.24) is 24.6 Å². The van der Waals surface area contributed by atoms with Gasteiger partial charge in [-0.2, -0.15) is 5.10 Å². The minimum atomic E-state index is 0.410. The Hall–Kier alpha value is -1.00. The van der Waals surface area contributed by atoms with Gasteiger partial charge in [0.1, 0.15) is 15.8 Å². The van der Waals surface area contributed by atoms with Crippen LogP contribution in [0, 0.1) is 3.70 Å². The number of halogens is 1. The van der Waals surface area contributed by atoms with E-state index in [0.29, 0.717) is 17.9 Å². The summed E-state index contributed by atoms with van der Waals surface area (Å²) in [7, 11) is 0. The van der Waals surface area contributed by atoms with Gasteiger partial charge in [0.25, 0.3) is 0 Å². The van der Waals surface area contributed by atoms with Crippen molar-refractivity contribution in [2.75, 3.05) is 32.0 Å². The first-order chi connectivity index (χ1) is 11.2. The van der Waals surface area contributed by atoms with E-state index in [1.165, 1.54) is 19.2 Å². The lowest BCUT2D eigenvalue weighted by molar-refractivity contribution is 0.00518. The molecule has 124 valence electrons. The Bertz CT molecular complexity index is 691. The molecule has 1 saturated carbocycles. The van der Waals surface area contributed by atoms with Crippen molar-refractivity contribution < 1.29 is 4.74 Å². The van der Waals surface area contributed by atoms with Crippen molar-refractivity contribution >= 4 is 39.4 Å². The third-order valence-electron chi connectivity index (χ3n) is 5.05. The van der Waals surface area contributed by atoms with Crippen molar-refractivity contribution in [2.45, 2.75) is 37.8 Å². The zero-order chi connectivity index (χ0) is 15.8. The summed E-state index contributed by atoms with van der Waals surface area (Å²) in [5, 5.41) is 5.59. The summed E-state index contributed by atoms with van der Waals surface area (Å²) in [6.45, 7) is 3.89. The minimum Gasteiger partial charge on any atom is -0.383 e. The molecule has 4 rings (SSSR count). The van der Waals surface area contributed by atoms with E-state index < -0.39 is 0 Å². The molecular weight excluding hydrogens is 407 g/mol. The molecule has 2 aromatic rings. The number of anilines is 1. The zero-order valence-electron chi connectivity index (χ0n) is 13.0. The first-order valence-electron chi connectivity index (χ1n) is 8.20. The Morgan fingerprint density at radius 3 is 2.52 bits per heavy atom. The molecular formula is C15H21IN6O. The van der Waals surface area contributed by atoms with Crippen molar-refractivity contribution in [2.24, 2.45) is 0 Å². The fourth-order valence-corrected chi connectivity index (χ4v) is 4.57. The largest absolute Gasteiger partial charge is 0.383 e. The van der Waals surface area contributed by atoms with Gasteiger partial charge in [-0.25, -0.2) is 14.6 Å².